The van der Waals surface area contributed by atoms with Crippen molar-refractivity contribution in [2.24, 2.45) is 0 Å². The van der Waals surface area contributed by atoms with Crippen LogP contribution in [0.2, 0.25) is 0 Å². The summed E-state index contributed by atoms with van der Waals surface area (Å²) in [7, 11) is 0. The first-order valence-electron chi connectivity index (χ1n) is 5.02. The fraction of sp³-hybridized carbons (Fsp3) is 0.167. The molecule has 0 aromatic heterocycles. The summed E-state index contributed by atoms with van der Waals surface area (Å²) in [5.74, 6) is -0.231. The van der Waals surface area contributed by atoms with Gasteiger partial charge in [0.15, 0.2) is 5.78 Å². The van der Waals surface area contributed by atoms with Gasteiger partial charge in [-0.3, -0.25) is 9.59 Å². The highest BCUT2D eigenvalue weighted by molar-refractivity contribution is 6.26. The Kier molecular flexibility index (Phi) is 1.91. The Morgan fingerprint density at radius 2 is 1.75 bits per heavy atom. The lowest BCUT2D eigenvalue weighted by molar-refractivity contribution is 0.0846. The molecule has 3 rings (SSSR count). The zero-order valence-corrected chi connectivity index (χ0v) is 8.45. The molecule has 0 atom stereocenters. The van der Waals surface area contributed by atoms with Gasteiger partial charge in [0.05, 0.1) is 17.9 Å². The number of hydrogen-bond donors (Lipinski definition) is 1. The van der Waals surface area contributed by atoms with Crippen LogP contribution in [0.3, 0.4) is 0 Å². The van der Waals surface area contributed by atoms with Crippen molar-refractivity contribution >= 4 is 11.6 Å². The Morgan fingerprint density at radius 3 is 2.50 bits per heavy atom. The van der Waals surface area contributed by atoms with Gasteiger partial charge in [-0.15, -0.1) is 0 Å². The van der Waals surface area contributed by atoms with Crippen LogP contribution in [0.15, 0.2) is 35.5 Å². The molecule has 0 saturated heterocycles. The van der Waals surface area contributed by atoms with Crippen molar-refractivity contribution in [3.63, 3.8) is 0 Å². The Labute approximate surface area is 91.9 Å². The number of ketones is 2. The minimum absolute atomic E-state index is 0.114. The van der Waals surface area contributed by atoms with E-state index in [0.29, 0.717) is 22.4 Å². The molecule has 0 unspecified atom stereocenters. The van der Waals surface area contributed by atoms with Crippen molar-refractivity contribution < 1.29 is 14.3 Å². The third-order valence-corrected chi connectivity index (χ3v) is 2.82. The van der Waals surface area contributed by atoms with Crippen LogP contribution in [0.4, 0.5) is 0 Å². The van der Waals surface area contributed by atoms with Crippen LogP contribution in [-0.2, 0) is 4.74 Å². The number of hydrogen-bond acceptors (Lipinski definition) is 4. The van der Waals surface area contributed by atoms with Crippen molar-refractivity contribution in [3.05, 3.63) is 46.7 Å². The van der Waals surface area contributed by atoms with Gasteiger partial charge in [-0.25, -0.2) is 0 Å². The monoisotopic (exact) mass is 215 g/mol. The highest BCUT2D eigenvalue weighted by atomic mass is 16.5. The van der Waals surface area contributed by atoms with Gasteiger partial charge < -0.3 is 10.1 Å². The third-order valence-electron chi connectivity index (χ3n) is 2.82. The fourth-order valence-corrected chi connectivity index (χ4v) is 2.03. The molecule has 0 radical (unpaired) electrons. The van der Waals surface area contributed by atoms with Crippen LogP contribution in [0.1, 0.15) is 20.7 Å². The molecule has 1 aromatic carbocycles. The maximum atomic E-state index is 12.1. The van der Waals surface area contributed by atoms with Gasteiger partial charge in [0.25, 0.3) is 0 Å². The molecule has 1 aromatic rings. The fourth-order valence-electron chi connectivity index (χ4n) is 2.03. The summed E-state index contributed by atoms with van der Waals surface area (Å²) in [6, 6.07) is 6.87. The summed E-state index contributed by atoms with van der Waals surface area (Å²) >= 11 is 0. The van der Waals surface area contributed by atoms with Gasteiger partial charge in [0.2, 0.25) is 5.78 Å². The van der Waals surface area contributed by atoms with Crippen molar-refractivity contribution in [2.75, 3.05) is 13.3 Å². The molecule has 80 valence electrons. The average molecular weight is 215 g/mol. The van der Waals surface area contributed by atoms with E-state index in [2.05, 4.69) is 5.32 Å². The van der Waals surface area contributed by atoms with E-state index in [9.17, 15) is 9.59 Å². The first-order valence-corrected chi connectivity index (χ1v) is 5.02. The largest absolute Gasteiger partial charge is 0.359 e. The lowest BCUT2D eigenvalue weighted by Gasteiger charge is -2.25. The molecule has 1 heterocycles. The zero-order valence-electron chi connectivity index (χ0n) is 8.45. The highest BCUT2D eigenvalue weighted by Gasteiger charge is 2.33. The maximum absolute atomic E-state index is 12.1. The standard InChI is InChI=1S/C12H9NO3/c14-11-7-3-1-2-4-8(7)12(15)10-9(11)5-16-6-13-10/h1-4,13H,5-6H2. The zero-order chi connectivity index (χ0) is 11.1. The molecule has 16 heavy (non-hydrogen) atoms. The molecule has 0 fully saturated rings. The Bertz CT molecular complexity index is 484. The molecule has 1 N–H and O–H groups in total. The predicted octanol–water partition coefficient (Wildman–Crippen LogP) is 0.897. The summed E-state index contributed by atoms with van der Waals surface area (Å²) in [4.78, 5) is 24.1. The van der Waals surface area contributed by atoms with Crippen LogP contribution < -0.4 is 5.32 Å². The third kappa shape index (κ3) is 1.13. The van der Waals surface area contributed by atoms with Crippen molar-refractivity contribution in [1.82, 2.24) is 5.32 Å². The van der Waals surface area contributed by atoms with E-state index >= 15 is 0 Å². The second-order valence-corrected chi connectivity index (χ2v) is 3.73. The lowest BCUT2D eigenvalue weighted by Crippen LogP contribution is -2.37. The average Bonchev–Trinajstić information content (AvgIpc) is 2.36. The quantitative estimate of drug-likeness (QED) is 0.698. The summed E-state index contributed by atoms with van der Waals surface area (Å²) in [5.41, 5.74) is 1.78. The van der Waals surface area contributed by atoms with Crippen molar-refractivity contribution in [1.29, 1.82) is 0 Å². The first kappa shape index (κ1) is 9.30. The number of benzene rings is 1. The van der Waals surface area contributed by atoms with Crippen LogP contribution in [0.5, 0.6) is 0 Å². The minimum atomic E-state index is -0.117. The van der Waals surface area contributed by atoms with E-state index in [1.807, 2.05) is 0 Å². The molecule has 0 amide bonds. The molecule has 0 saturated carbocycles. The highest BCUT2D eigenvalue weighted by Crippen LogP contribution is 2.26. The number of Topliss-reactive ketones (excluding diaryl/α,β-unsaturated/α-hetero) is 2. The number of carbonyl (C=O) groups is 2. The van der Waals surface area contributed by atoms with E-state index in [4.69, 9.17) is 4.74 Å². The van der Waals surface area contributed by atoms with Crippen LogP contribution in [0, 0.1) is 0 Å². The molecule has 0 spiro atoms. The molecular weight excluding hydrogens is 206 g/mol. The van der Waals surface area contributed by atoms with E-state index in [1.165, 1.54) is 0 Å². The summed E-state index contributed by atoms with van der Waals surface area (Å²) in [6.07, 6.45) is 0. The second kappa shape index (κ2) is 3.28. The minimum Gasteiger partial charge on any atom is -0.359 e. The molecule has 1 aliphatic heterocycles. The van der Waals surface area contributed by atoms with Gasteiger partial charge in [0, 0.05) is 11.1 Å². The smallest absolute Gasteiger partial charge is 0.210 e. The first-order chi connectivity index (χ1) is 7.79. The number of fused-ring (bicyclic) bond motifs is 1. The van der Waals surface area contributed by atoms with E-state index in [1.54, 1.807) is 24.3 Å². The second-order valence-electron chi connectivity index (χ2n) is 3.73. The van der Waals surface area contributed by atoms with E-state index in [-0.39, 0.29) is 24.9 Å². The Balaban J connectivity index is 2.22. The number of rotatable bonds is 0. The van der Waals surface area contributed by atoms with Crippen molar-refractivity contribution in [2.45, 2.75) is 0 Å². The normalized spacial score (nSPS) is 19.0. The molecular formula is C12H9NO3. The van der Waals surface area contributed by atoms with Gasteiger partial charge in [0.1, 0.15) is 6.73 Å². The Hall–Kier alpha value is -1.94. The lowest BCUT2D eigenvalue weighted by atomic mass is 9.87. The molecule has 4 heteroatoms. The predicted molar refractivity (Wildman–Crippen MR) is 56.1 cm³/mol. The number of allylic oxidation sites excluding steroid dienone is 1. The molecule has 0 bridgehead atoms. The molecule has 2 aliphatic rings. The topological polar surface area (TPSA) is 55.4 Å². The molecule has 4 nitrogen and oxygen atoms in total. The summed E-state index contributed by atoms with van der Waals surface area (Å²) in [6.45, 7) is 0.487. The van der Waals surface area contributed by atoms with Crippen molar-refractivity contribution in [3.8, 4) is 0 Å². The van der Waals surface area contributed by atoms with Gasteiger partial charge >= 0.3 is 0 Å². The van der Waals surface area contributed by atoms with Crippen LogP contribution >= 0.6 is 0 Å². The number of ether oxygens (including phenoxy) is 1. The SMILES string of the molecule is O=C1C2=C(NCOC2)C(=O)c2ccccc21. The van der Waals surface area contributed by atoms with E-state index < -0.39 is 0 Å². The van der Waals surface area contributed by atoms with Gasteiger partial charge in [-0.2, -0.15) is 0 Å². The maximum Gasteiger partial charge on any atom is 0.210 e. The Morgan fingerprint density at radius 1 is 1.06 bits per heavy atom. The van der Waals surface area contributed by atoms with Crippen LogP contribution in [-0.4, -0.2) is 24.9 Å². The van der Waals surface area contributed by atoms with Crippen LogP contribution in [0.25, 0.3) is 0 Å². The van der Waals surface area contributed by atoms with E-state index in [0.717, 1.165) is 0 Å². The number of nitrogens with one attached hydrogen (secondary N) is 1. The molecule has 1 aliphatic carbocycles. The summed E-state index contributed by atoms with van der Waals surface area (Å²) in [5, 5.41) is 2.83. The van der Waals surface area contributed by atoms with Gasteiger partial charge in [-0.1, -0.05) is 24.3 Å². The summed E-state index contributed by atoms with van der Waals surface area (Å²) < 4.78 is 5.13. The number of carbonyl (C=O) groups excluding carboxylic acids is 2. The van der Waals surface area contributed by atoms with Gasteiger partial charge in [-0.05, 0) is 0 Å².